The highest BCUT2D eigenvalue weighted by Crippen LogP contribution is 2.31. The third-order valence-corrected chi connectivity index (χ3v) is 3.96. The summed E-state index contributed by atoms with van der Waals surface area (Å²) >= 11 is 6.09. The number of aromatic amines is 1. The van der Waals surface area contributed by atoms with Gasteiger partial charge in [-0.2, -0.15) is 5.10 Å². The molecule has 110 valence electrons. The summed E-state index contributed by atoms with van der Waals surface area (Å²) in [6.45, 7) is 1.75. The van der Waals surface area contributed by atoms with Crippen LogP contribution in [-0.2, 0) is 4.79 Å². The fourth-order valence-electron chi connectivity index (χ4n) is 1.57. The second-order valence-electron chi connectivity index (χ2n) is 4.22. The van der Waals surface area contributed by atoms with Crippen LogP contribution in [0.1, 0.15) is 16.2 Å². The van der Waals surface area contributed by atoms with Crippen LogP contribution in [0.2, 0.25) is 0 Å². The summed E-state index contributed by atoms with van der Waals surface area (Å²) in [5, 5.41) is 16.8. The number of H-pyrrole nitrogens is 1. The van der Waals surface area contributed by atoms with E-state index in [4.69, 9.17) is 5.84 Å². The Labute approximate surface area is 136 Å². The lowest BCUT2D eigenvalue weighted by Gasteiger charge is -2.15. The van der Waals surface area contributed by atoms with Gasteiger partial charge >= 0.3 is 0 Å². The number of aliphatic hydroxyl groups excluding tert-OH is 1. The average molecular weight is 418 g/mol. The summed E-state index contributed by atoms with van der Waals surface area (Å²) in [7, 11) is 0. The fraction of sp³-hybridized carbons (Fsp3) is 0.0833. The normalized spacial score (nSPS) is 17.2. The number of hydrogen-bond donors (Lipinski definition) is 3. The van der Waals surface area contributed by atoms with E-state index >= 15 is 0 Å². The summed E-state index contributed by atoms with van der Waals surface area (Å²) in [6.07, 6.45) is 2.54. The van der Waals surface area contributed by atoms with Crippen molar-refractivity contribution in [2.75, 3.05) is 0 Å². The monoisotopic (exact) mass is 416 g/mol. The number of aliphatic hydroxyl groups is 1. The van der Waals surface area contributed by atoms with Crippen molar-refractivity contribution in [1.82, 2.24) is 15.2 Å². The number of hydrogen-bond acceptors (Lipinski definition) is 5. The van der Waals surface area contributed by atoms with E-state index in [1.807, 2.05) is 0 Å². The molecule has 0 fully saturated rings. The standard InChI is InChI=1S/C12H10Br2N4O3/c1-5-2-8(17-16-5)12(21)18(15)4-6-3-7(13)11(20)9(14)10(6)19/h2-4,20H,15H2,1H3,(H,16,17)/b6-4-. The lowest BCUT2D eigenvalue weighted by Crippen LogP contribution is -2.33. The topological polar surface area (TPSA) is 112 Å². The third-order valence-electron chi connectivity index (χ3n) is 2.62. The maximum Gasteiger partial charge on any atom is 0.292 e. The number of ketones is 1. The van der Waals surface area contributed by atoms with Crippen molar-refractivity contribution in [2.45, 2.75) is 6.92 Å². The van der Waals surface area contributed by atoms with Crippen molar-refractivity contribution in [3.63, 3.8) is 0 Å². The zero-order valence-electron chi connectivity index (χ0n) is 10.7. The molecule has 1 aliphatic carbocycles. The van der Waals surface area contributed by atoms with Crippen LogP contribution >= 0.6 is 31.9 Å². The van der Waals surface area contributed by atoms with Crippen LogP contribution in [0.3, 0.4) is 0 Å². The molecule has 2 rings (SSSR count). The van der Waals surface area contributed by atoms with Gasteiger partial charge in [-0.15, -0.1) is 0 Å². The zero-order valence-corrected chi connectivity index (χ0v) is 13.9. The predicted molar refractivity (Wildman–Crippen MR) is 82.4 cm³/mol. The van der Waals surface area contributed by atoms with Crippen molar-refractivity contribution in [2.24, 2.45) is 5.84 Å². The molecule has 0 saturated carbocycles. The number of allylic oxidation sites excluding steroid dienone is 4. The number of rotatable bonds is 2. The number of aryl methyl sites for hydroxylation is 1. The summed E-state index contributed by atoms with van der Waals surface area (Å²) in [5.41, 5.74) is 0.983. The van der Waals surface area contributed by atoms with Crippen LogP contribution in [0.5, 0.6) is 0 Å². The number of amides is 1. The first-order valence-corrected chi connectivity index (χ1v) is 7.23. The van der Waals surface area contributed by atoms with Crippen molar-refractivity contribution in [3.8, 4) is 0 Å². The van der Waals surface area contributed by atoms with E-state index in [0.29, 0.717) is 10.2 Å². The Bertz CT molecular complexity index is 718. The molecular formula is C12H10Br2N4O3. The minimum Gasteiger partial charge on any atom is -0.505 e. The molecule has 1 aromatic heterocycles. The Morgan fingerprint density at radius 1 is 1.52 bits per heavy atom. The number of Topliss-reactive ketones (excluding diaryl/α,β-unsaturated/α-hetero) is 1. The molecule has 0 spiro atoms. The van der Waals surface area contributed by atoms with Gasteiger partial charge in [0.2, 0.25) is 5.78 Å². The molecule has 1 aromatic rings. The van der Waals surface area contributed by atoms with Gasteiger partial charge in [-0.25, -0.2) is 10.9 Å². The highest BCUT2D eigenvalue weighted by molar-refractivity contribution is 9.12. The van der Waals surface area contributed by atoms with Gasteiger partial charge in [-0.1, -0.05) is 0 Å². The molecule has 0 atom stereocenters. The number of carbonyl (C=O) groups excluding carboxylic acids is 2. The number of hydrazine groups is 1. The van der Waals surface area contributed by atoms with Gasteiger partial charge in [-0.05, 0) is 50.9 Å². The van der Waals surface area contributed by atoms with Crippen LogP contribution < -0.4 is 5.84 Å². The van der Waals surface area contributed by atoms with E-state index < -0.39 is 11.7 Å². The number of halogens is 2. The van der Waals surface area contributed by atoms with Gasteiger partial charge in [-0.3, -0.25) is 14.7 Å². The minimum absolute atomic E-state index is 0.0143. The van der Waals surface area contributed by atoms with E-state index in [1.165, 1.54) is 18.3 Å². The Kier molecular flexibility index (Phi) is 4.45. The third kappa shape index (κ3) is 3.14. The molecule has 0 aromatic carbocycles. The van der Waals surface area contributed by atoms with E-state index in [9.17, 15) is 14.7 Å². The van der Waals surface area contributed by atoms with Crippen LogP contribution in [0.4, 0.5) is 0 Å². The quantitative estimate of drug-likeness (QED) is 0.294. The van der Waals surface area contributed by atoms with Crippen LogP contribution in [0.25, 0.3) is 0 Å². The van der Waals surface area contributed by atoms with Crippen molar-refractivity contribution < 1.29 is 14.7 Å². The van der Waals surface area contributed by atoms with E-state index in [1.54, 1.807) is 6.92 Å². The molecule has 0 unspecified atom stereocenters. The predicted octanol–water partition coefficient (Wildman–Crippen LogP) is 1.94. The number of carbonyl (C=O) groups is 2. The van der Waals surface area contributed by atoms with Gasteiger partial charge in [0.15, 0.2) is 5.69 Å². The second kappa shape index (κ2) is 5.96. The molecule has 1 amide bonds. The fourth-order valence-corrected chi connectivity index (χ4v) is 2.73. The minimum atomic E-state index is -0.570. The van der Waals surface area contributed by atoms with E-state index in [0.717, 1.165) is 5.01 Å². The summed E-state index contributed by atoms with van der Waals surface area (Å²) < 4.78 is 0.288. The lowest BCUT2D eigenvalue weighted by molar-refractivity contribution is -0.111. The van der Waals surface area contributed by atoms with Gasteiger partial charge in [0, 0.05) is 17.5 Å². The molecule has 0 aliphatic heterocycles. The van der Waals surface area contributed by atoms with Crippen molar-refractivity contribution >= 4 is 43.6 Å². The highest BCUT2D eigenvalue weighted by Gasteiger charge is 2.24. The second-order valence-corrected chi connectivity index (χ2v) is 5.86. The summed E-state index contributed by atoms with van der Waals surface area (Å²) in [4.78, 5) is 24.0. The zero-order chi connectivity index (χ0) is 15.7. The molecule has 7 nitrogen and oxygen atoms in total. The number of nitrogens with one attached hydrogen (secondary N) is 1. The number of aromatic nitrogens is 2. The van der Waals surface area contributed by atoms with Gasteiger partial charge in [0.25, 0.3) is 5.91 Å². The van der Waals surface area contributed by atoms with Crippen molar-refractivity contribution in [3.05, 3.63) is 50.0 Å². The number of nitrogens with zero attached hydrogens (tertiary/aromatic N) is 2. The molecule has 1 aliphatic rings. The van der Waals surface area contributed by atoms with Gasteiger partial charge < -0.3 is 5.11 Å². The number of nitrogens with two attached hydrogens (primary N) is 1. The Balaban J connectivity index is 2.28. The van der Waals surface area contributed by atoms with Gasteiger partial charge in [0.05, 0.1) is 4.48 Å². The van der Waals surface area contributed by atoms with Crippen LogP contribution in [0, 0.1) is 6.92 Å². The Hall–Kier alpha value is -1.71. The van der Waals surface area contributed by atoms with E-state index in [-0.39, 0.29) is 21.5 Å². The molecule has 21 heavy (non-hydrogen) atoms. The SMILES string of the molecule is Cc1cc(C(=O)N(N)/C=C2/C=C(Br)C(O)=C(Br)C2=O)n[nH]1. The maximum absolute atomic E-state index is 12.0. The summed E-state index contributed by atoms with van der Waals surface area (Å²) in [5.74, 6) is 4.37. The average Bonchev–Trinajstić information content (AvgIpc) is 2.88. The Morgan fingerprint density at radius 3 is 2.76 bits per heavy atom. The maximum atomic E-state index is 12.0. The molecule has 0 radical (unpaired) electrons. The largest absolute Gasteiger partial charge is 0.505 e. The molecule has 4 N–H and O–H groups in total. The van der Waals surface area contributed by atoms with Crippen molar-refractivity contribution in [1.29, 1.82) is 0 Å². The molecule has 1 heterocycles. The first-order valence-electron chi connectivity index (χ1n) is 5.64. The molecular weight excluding hydrogens is 408 g/mol. The molecule has 9 heteroatoms. The summed E-state index contributed by atoms with van der Waals surface area (Å²) in [6, 6.07) is 1.54. The van der Waals surface area contributed by atoms with Gasteiger partial charge in [0.1, 0.15) is 10.2 Å². The first-order chi connectivity index (χ1) is 9.81. The van der Waals surface area contributed by atoms with Crippen LogP contribution in [-0.4, -0.2) is 32.0 Å². The first kappa shape index (κ1) is 15.7. The molecule has 0 bridgehead atoms. The Morgan fingerprint density at radius 2 is 2.19 bits per heavy atom. The van der Waals surface area contributed by atoms with E-state index in [2.05, 4.69) is 42.1 Å². The lowest BCUT2D eigenvalue weighted by atomic mass is 10.1. The van der Waals surface area contributed by atoms with Crippen LogP contribution in [0.15, 0.2) is 38.6 Å². The smallest absolute Gasteiger partial charge is 0.292 e. The highest BCUT2D eigenvalue weighted by atomic mass is 79.9. The molecule has 0 saturated heterocycles.